The van der Waals surface area contributed by atoms with Gasteiger partial charge in [0, 0.05) is 59.6 Å². The SMILES string of the molecule is CCCCN(C)C(=NC)NCc1ccnc(N2CCN(C)CC2)c1. The number of nitrogens with zero attached hydrogens (tertiary/aromatic N) is 5. The second-order valence-electron chi connectivity index (χ2n) is 6.49. The molecule has 1 aliphatic rings. The predicted molar refractivity (Wildman–Crippen MR) is 102 cm³/mol. The van der Waals surface area contributed by atoms with Crippen molar-refractivity contribution in [3.8, 4) is 0 Å². The highest BCUT2D eigenvalue weighted by molar-refractivity contribution is 5.79. The molecular weight excluding hydrogens is 300 g/mol. The van der Waals surface area contributed by atoms with Crippen LogP contribution in [0.4, 0.5) is 5.82 Å². The summed E-state index contributed by atoms with van der Waals surface area (Å²) in [5, 5.41) is 3.45. The summed E-state index contributed by atoms with van der Waals surface area (Å²) in [5.41, 5.74) is 1.24. The fourth-order valence-electron chi connectivity index (χ4n) is 2.85. The zero-order chi connectivity index (χ0) is 17.4. The summed E-state index contributed by atoms with van der Waals surface area (Å²) in [4.78, 5) is 15.8. The topological polar surface area (TPSA) is 47.0 Å². The number of nitrogens with one attached hydrogen (secondary N) is 1. The van der Waals surface area contributed by atoms with Crippen LogP contribution in [0.5, 0.6) is 0 Å². The van der Waals surface area contributed by atoms with Gasteiger partial charge in [0.05, 0.1) is 0 Å². The van der Waals surface area contributed by atoms with Gasteiger partial charge in [-0.2, -0.15) is 0 Å². The molecule has 1 aromatic rings. The lowest BCUT2D eigenvalue weighted by Crippen LogP contribution is -2.44. The maximum atomic E-state index is 4.55. The smallest absolute Gasteiger partial charge is 0.193 e. The highest BCUT2D eigenvalue weighted by Gasteiger charge is 2.15. The Bertz CT molecular complexity index is 522. The van der Waals surface area contributed by atoms with Crippen molar-refractivity contribution >= 4 is 11.8 Å². The molecule has 24 heavy (non-hydrogen) atoms. The Morgan fingerprint density at radius 2 is 2.08 bits per heavy atom. The molecule has 0 bridgehead atoms. The Hall–Kier alpha value is -1.82. The normalized spacial score (nSPS) is 16.3. The minimum absolute atomic E-state index is 0.770. The molecule has 1 saturated heterocycles. The van der Waals surface area contributed by atoms with E-state index in [0.717, 1.165) is 51.0 Å². The molecule has 1 aliphatic heterocycles. The average molecular weight is 332 g/mol. The monoisotopic (exact) mass is 332 g/mol. The van der Waals surface area contributed by atoms with Gasteiger partial charge in [0.15, 0.2) is 5.96 Å². The summed E-state index contributed by atoms with van der Waals surface area (Å²) >= 11 is 0. The molecule has 0 atom stereocenters. The summed E-state index contributed by atoms with van der Waals surface area (Å²) in [6.07, 6.45) is 4.29. The Morgan fingerprint density at radius 1 is 1.33 bits per heavy atom. The number of aliphatic imine (C=N–C) groups is 1. The third-order valence-corrected chi connectivity index (χ3v) is 4.51. The molecule has 0 radical (unpaired) electrons. The molecule has 2 rings (SSSR count). The van der Waals surface area contributed by atoms with Crippen molar-refractivity contribution in [1.29, 1.82) is 0 Å². The number of rotatable bonds is 6. The maximum absolute atomic E-state index is 4.55. The molecule has 0 unspecified atom stereocenters. The van der Waals surface area contributed by atoms with Crippen LogP contribution >= 0.6 is 0 Å². The van der Waals surface area contributed by atoms with Gasteiger partial charge < -0.3 is 20.0 Å². The third-order valence-electron chi connectivity index (χ3n) is 4.51. The van der Waals surface area contributed by atoms with E-state index < -0.39 is 0 Å². The van der Waals surface area contributed by atoms with Crippen LogP contribution in [0, 0.1) is 0 Å². The lowest BCUT2D eigenvalue weighted by Gasteiger charge is -2.33. The van der Waals surface area contributed by atoms with E-state index in [1.807, 2.05) is 13.2 Å². The van der Waals surface area contributed by atoms with Crippen LogP contribution in [0.1, 0.15) is 25.3 Å². The second kappa shape index (κ2) is 9.47. The van der Waals surface area contributed by atoms with E-state index in [0.29, 0.717) is 0 Å². The molecule has 2 heterocycles. The summed E-state index contributed by atoms with van der Waals surface area (Å²) in [5.74, 6) is 2.03. The number of pyridine rings is 1. The van der Waals surface area contributed by atoms with Crippen molar-refractivity contribution < 1.29 is 0 Å². The van der Waals surface area contributed by atoms with Crippen LogP contribution in [-0.4, -0.2) is 74.6 Å². The van der Waals surface area contributed by atoms with Gasteiger partial charge in [0.25, 0.3) is 0 Å². The summed E-state index contributed by atoms with van der Waals surface area (Å²) in [6.45, 7) is 8.29. The number of unbranched alkanes of at least 4 members (excludes halogenated alkanes) is 1. The fraction of sp³-hybridized carbons (Fsp3) is 0.667. The molecule has 0 amide bonds. The van der Waals surface area contributed by atoms with E-state index in [1.165, 1.54) is 18.4 Å². The van der Waals surface area contributed by atoms with Crippen LogP contribution in [0.25, 0.3) is 0 Å². The van der Waals surface area contributed by atoms with Crippen molar-refractivity contribution in [3.05, 3.63) is 23.9 Å². The van der Waals surface area contributed by atoms with Crippen LogP contribution < -0.4 is 10.2 Å². The first kappa shape index (κ1) is 18.5. The highest BCUT2D eigenvalue weighted by atomic mass is 15.3. The molecule has 0 saturated carbocycles. The van der Waals surface area contributed by atoms with E-state index in [1.54, 1.807) is 0 Å². The number of guanidine groups is 1. The Labute approximate surface area is 146 Å². The molecule has 0 aliphatic carbocycles. The number of anilines is 1. The molecule has 1 fully saturated rings. The number of piperazine rings is 1. The Morgan fingerprint density at radius 3 is 2.75 bits per heavy atom. The van der Waals surface area contributed by atoms with Crippen molar-refractivity contribution in [3.63, 3.8) is 0 Å². The molecule has 134 valence electrons. The standard InChI is InChI=1S/C18H32N6/c1-5-6-9-23(4)18(19-2)21-15-16-7-8-20-17(14-16)24-12-10-22(3)11-13-24/h7-8,14H,5-6,9-13,15H2,1-4H3,(H,19,21). The molecule has 1 N–H and O–H groups in total. The largest absolute Gasteiger partial charge is 0.354 e. The molecule has 0 aromatic carbocycles. The summed E-state index contributed by atoms with van der Waals surface area (Å²) in [7, 11) is 6.10. The zero-order valence-electron chi connectivity index (χ0n) is 15.6. The molecule has 1 aromatic heterocycles. The highest BCUT2D eigenvalue weighted by Crippen LogP contribution is 2.14. The van der Waals surface area contributed by atoms with E-state index in [9.17, 15) is 0 Å². The van der Waals surface area contributed by atoms with Gasteiger partial charge in [-0.15, -0.1) is 0 Å². The lowest BCUT2D eigenvalue weighted by atomic mass is 10.2. The zero-order valence-corrected chi connectivity index (χ0v) is 15.6. The van der Waals surface area contributed by atoms with E-state index in [2.05, 4.69) is 63.1 Å². The van der Waals surface area contributed by atoms with Crippen LogP contribution in [0.2, 0.25) is 0 Å². The van der Waals surface area contributed by atoms with Gasteiger partial charge in [-0.25, -0.2) is 4.98 Å². The van der Waals surface area contributed by atoms with Crippen LogP contribution in [0.3, 0.4) is 0 Å². The van der Waals surface area contributed by atoms with Gasteiger partial charge in [-0.3, -0.25) is 4.99 Å². The van der Waals surface area contributed by atoms with E-state index in [4.69, 9.17) is 0 Å². The van der Waals surface area contributed by atoms with Crippen LogP contribution in [-0.2, 0) is 6.54 Å². The van der Waals surface area contributed by atoms with Crippen molar-refractivity contribution in [2.24, 2.45) is 4.99 Å². The van der Waals surface area contributed by atoms with Gasteiger partial charge >= 0.3 is 0 Å². The van der Waals surface area contributed by atoms with Gasteiger partial charge in [0.1, 0.15) is 5.82 Å². The van der Waals surface area contributed by atoms with Crippen molar-refractivity contribution in [2.75, 3.05) is 58.8 Å². The van der Waals surface area contributed by atoms with Gasteiger partial charge in [0.2, 0.25) is 0 Å². The van der Waals surface area contributed by atoms with Crippen molar-refractivity contribution in [2.45, 2.75) is 26.3 Å². The Kier molecular flexibility index (Phi) is 7.31. The summed E-state index contributed by atoms with van der Waals surface area (Å²) < 4.78 is 0. The second-order valence-corrected chi connectivity index (χ2v) is 6.49. The van der Waals surface area contributed by atoms with E-state index >= 15 is 0 Å². The minimum atomic E-state index is 0.770. The predicted octanol–water partition coefficient (Wildman–Crippen LogP) is 1.64. The molecule has 6 heteroatoms. The first-order valence-corrected chi connectivity index (χ1v) is 8.94. The number of likely N-dealkylation sites (N-methyl/N-ethyl adjacent to an activating group) is 1. The van der Waals surface area contributed by atoms with Crippen molar-refractivity contribution in [1.82, 2.24) is 20.1 Å². The number of aromatic nitrogens is 1. The van der Waals surface area contributed by atoms with Gasteiger partial charge in [-0.05, 0) is 31.2 Å². The maximum Gasteiger partial charge on any atom is 0.193 e. The first-order valence-electron chi connectivity index (χ1n) is 8.94. The average Bonchev–Trinajstić information content (AvgIpc) is 2.61. The number of hydrogen-bond acceptors (Lipinski definition) is 4. The molecule has 6 nitrogen and oxygen atoms in total. The van der Waals surface area contributed by atoms with Gasteiger partial charge in [-0.1, -0.05) is 13.3 Å². The Balaban J connectivity index is 1.91. The molecule has 0 spiro atoms. The summed E-state index contributed by atoms with van der Waals surface area (Å²) in [6, 6.07) is 4.27. The fourth-order valence-corrected chi connectivity index (χ4v) is 2.85. The lowest BCUT2D eigenvalue weighted by molar-refractivity contribution is 0.312. The molecular formula is C18H32N6. The van der Waals surface area contributed by atoms with Crippen LogP contribution in [0.15, 0.2) is 23.3 Å². The van der Waals surface area contributed by atoms with E-state index in [-0.39, 0.29) is 0 Å². The third kappa shape index (κ3) is 5.37. The first-order chi connectivity index (χ1) is 11.6. The quantitative estimate of drug-likeness (QED) is 0.634. The number of hydrogen-bond donors (Lipinski definition) is 1. The minimum Gasteiger partial charge on any atom is -0.354 e.